The SMILES string of the molecule is CN1C(=O)[C@@](CC(=O)NC(C)(C)C(=O)O)(Cc2ccccc2)c2ccccc21. The maximum absolute atomic E-state index is 13.4. The summed E-state index contributed by atoms with van der Waals surface area (Å²) in [5, 5.41) is 11.9. The predicted octanol–water partition coefficient (Wildman–Crippen LogP) is 2.51. The normalized spacial score (nSPS) is 18.7. The molecular formula is C22H24N2O4. The van der Waals surface area contributed by atoms with E-state index in [1.165, 1.54) is 13.8 Å². The molecule has 0 radical (unpaired) electrons. The number of anilines is 1. The molecule has 2 amide bonds. The molecule has 0 aromatic heterocycles. The summed E-state index contributed by atoms with van der Waals surface area (Å²) in [4.78, 5) is 39.2. The molecule has 6 nitrogen and oxygen atoms in total. The lowest BCUT2D eigenvalue weighted by molar-refractivity contribution is -0.146. The summed E-state index contributed by atoms with van der Waals surface area (Å²) in [5.41, 5.74) is -0.00156. The Hall–Kier alpha value is -3.15. The standard InChI is InChI=1S/C22H24N2O4/c1-21(2,20(27)28)23-18(25)14-22(13-15-9-5-4-6-10-15)16-11-7-8-12-17(16)24(3)19(22)26/h4-12H,13-14H2,1-3H3,(H,23,25)(H,27,28)/t22-/m1/s1. The maximum Gasteiger partial charge on any atom is 0.328 e. The number of likely N-dealkylation sites (N-methyl/N-ethyl adjacent to an activating group) is 1. The van der Waals surface area contributed by atoms with Gasteiger partial charge in [-0.2, -0.15) is 0 Å². The van der Waals surface area contributed by atoms with Gasteiger partial charge in [-0.05, 0) is 37.5 Å². The minimum atomic E-state index is -1.42. The Labute approximate surface area is 164 Å². The minimum Gasteiger partial charge on any atom is -0.480 e. The van der Waals surface area contributed by atoms with E-state index in [4.69, 9.17) is 0 Å². The summed E-state index contributed by atoms with van der Waals surface area (Å²) < 4.78 is 0. The molecule has 6 heteroatoms. The van der Waals surface area contributed by atoms with Crippen LogP contribution in [0, 0.1) is 0 Å². The smallest absolute Gasteiger partial charge is 0.328 e. The Morgan fingerprint density at radius 2 is 1.68 bits per heavy atom. The first kappa shape index (κ1) is 19.6. The number of carboxylic acid groups (broad SMARTS) is 1. The van der Waals surface area contributed by atoms with E-state index in [-0.39, 0.29) is 12.3 Å². The predicted molar refractivity (Wildman–Crippen MR) is 106 cm³/mol. The summed E-state index contributed by atoms with van der Waals surface area (Å²) in [6, 6.07) is 17.0. The van der Waals surface area contributed by atoms with Gasteiger partial charge in [-0.25, -0.2) is 4.79 Å². The van der Waals surface area contributed by atoms with Crippen molar-refractivity contribution in [2.24, 2.45) is 0 Å². The highest BCUT2D eigenvalue weighted by Crippen LogP contribution is 2.45. The van der Waals surface area contributed by atoms with Crippen LogP contribution in [0.4, 0.5) is 5.69 Å². The Morgan fingerprint density at radius 1 is 1.07 bits per heavy atom. The van der Waals surface area contributed by atoms with Gasteiger partial charge in [0.1, 0.15) is 5.54 Å². The molecule has 0 bridgehead atoms. The van der Waals surface area contributed by atoms with Gasteiger partial charge in [0.2, 0.25) is 11.8 Å². The third-order valence-corrected chi connectivity index (χ3v) is 5.29. The highest BCUT2D eigenvalue weighted by Gasteiger charge is 2.51. The van der Waals surface area contributed by atoms with Crippen LogP contribution in [-0.4, -0.2) is 35.5 Å². The van der Waals surface area contributed by atoms with Gasteiger partial charge >= 0.3 is 5.97 Å². The zero-order valence-corrected chi connectivity index (χ0v) is 16.2. The fourth-order valence-corrected chi connectivity index (χ4v) is 3.79. The number of hydrogen-bond acceptors (Lipinski definition) is 3. The van der Waals surface area contributed by atoms with Gasteiger partial charge in [-0.15, -0.1) is 0 Å². The van der Waals surface area contributed by atoms with Crippen LogP contribution in [0.2, 0.25) is 0 Å². The lowest BCUT2D eigenvalue weighted by Crippen LogP contribution is -2.52. The fraction of sp³-hybridized carbons (Fsp3) is 0.318. The van der Waals surface area contributed by atoms with Crippen molar-refractivity contribution in [1.29, 1.82) is 0 Å². The zero-order chi connectivity index (χ0) is 20.5. The molecule has 0 saturated carbocycles. The Balaban J connectivity index is 2.03. The molecule has 0 fully saturated rings. The molecule has 3 rings (SSSR count). The second-order valence-corrected chi connectivity index (χ2v) is 7.78. The third-order valence-electron chi connectivity index (χ3n) is 5.29. The van der Waals surface area contributed by atoms with Crippen molar-refractivity contribution in [2.45, 2.75) is 37.6 Å². The van der Waals surface area contributed by atoms with Crippen LogP contribution in [-0.2, 0) is 26.2 Å². The second kappa shape index (κ2) is 7.11. The molecule has 146 valence electrons. The summed E-state index contributed by atoms with van der Waals surface area (Å²) >= 11 is 0. The van der Waals surface area contributed by atoms with Crippen molar-refractivity contribution in [3.05, 3.63) is 65.7 Å². The number of para-hydroxylation sites is 1. The number of rotatable bonds is 6. The summed E-state index contributed by atoms with van der Waals surface area (Å²) in [6.45, 7) is 2.85. The van der Waals surface area contributed by atoms with Gasteiger partial charge in [0.05, 0.1) is 5.41 Å². The molecule has 28 heavy (non-hydrogen) atoms. The number of carboxylic acids is 1. The number of hydrogen-bond donors (Lipinski definition) is 2. The molecule has 1 atom stereocenters. The average molecular weight is 380 g/mol. The Bertz CT molecular complexity index is 923. The summed E-state index contributed by atoms with van der Waals surface area (Å²) in [6.07, 6.45) is 0.230. The molecular weight excluding hydrogens is 356 g/mol. The van der Waals surface area contributed by atoms with Crippen molar-refractivity contribution < 1.29 is 19.5 Å². The van der Waals surface area contributed by atoms with E-state index >= 15 is 0 Å². The molecule has 2 N–H and O–H groups in total. The van der Waals surface area contributed by atoms with Crippen LogP contribution in [0.5, 0.6) is 0 Å². The summed E-state index contributed by atoms with van der Waals surface area (Å²) in [5.74, 6) is -1.77. The number of carbonyl (C=O) groups excluding carboxylic acids is 2. The first-order valence-corrected chi connectivity index (χ1v) is 9.13. The van der Waals surface area contributed by atoms with E-state index in [9.17, 15) is 19.5 Å². The molecule has 0 saturated heterocycles. The van der Waals surface area contributed by atoms with Gasteiger partial charge in [0, 0.05) is 19.2 Å². The molecule has 0 spiro atoms. The van der Waals surface area contributed by atoms with E-state index in [0.29, 0.717) is 6.42 Å². The van der Waals surface area contributed by atoms with Crippen molar-refractivity contribution in [1.82, 2.24) is 5.32 Å². The molecule has 0 aliphatic carbocycles. The van der Waals surface area contributed by atoms with Crippen molar-refractivity contribution in [2.75, 3.05) is 11.9 Å². The monoisotopic (exact) mass is 380 g/mol. The number of nitrogens with one attached hydrogen (secondary N) is 1. The first-order valence-electron chi connectivity index (χ1n) is 9.13. The molecule has 1 aliphatic rings. The zero-order valence-electron chi connectivity index (χ0n) is 16.2. The van der Waals surface area contributed by atoms with Crippen LogP contribution in [0.15, 0.2) is 54.6 Å². The van der Waals surface area contributed by atoms with Crippen LogP contribution in [0.1, 0.15) is 31.4 Å². The number of carbonyl (C=O) groups is 3. The molecule has 2 aromatic carbocycles. The largest absolute Gasteiger partial charge is 0.480 e. The van der Waals surface area contributed by atoms with E-state index in [1.807, 2.05) is 54.6 Å². The van der Waals surface area contributed by atoms with E-state index in [2.05, 4.69) is 5.32 Å². The van der Waals surface area contributed by atoms with Crippen LogP contribution in [0.3, 0.4) is 0 Å². The van der Waals surface area contributed by atoms with Gasteiger partial charge in [-0.1, -0.05) is 48.5 Å². The Morgan fingerprint density at radius 3 is 2.32 bits per heavy atom. The number of benzene rings is 2. The first-order chi connectivity index (χ1) is 13.2. The van der Waals surface area contributed by atoms with Crippen molar-refractivity contribution in [3.8, 4) is 0 Å². The number of aliphatic carboxylic acids is 1. The molecule has 1 heterocycles. The lowest BCUT2D eigenvalue weighted by Gasteiger charge is -2.30. The minimum absolute atomic E-state index is 0.126. The van der Waals surface area contributed by atoms with Gasteiger partial charge < -0.3 is 15.3 Å². The lowest BCUT2D eigenvalue weighted by atomic mass is 9.73. The number of amides is 2. The van der Waals surface area contributed by atoms with Crippen molar-refractivity contribution in [3.63, 3.8) is 0 Å². The average Bonchev–Trinajstić information content (AvgIpc) is 2.84. The summed E-state index contributed by atoms with van der Waals surface area (Å²) in [7, 11) is 1.70. The van der Waals surface area contributed by atoms with E-state index in [0.717, 1.165) is 16.8 Å². The molecule has 0 unspecified atom stereocenters. The third kappa shape index (κ3) is 3.38. The fourth-order valence-electron chi connectivity index (χ4n) is 3.79. The van der Waals surface area contributed by atoms with E-state index in [1.54, 1.807) is 11.9 Å². The number of fused-ring (bicyclic) bond motifs is 1. The van der Waals surface area contributed by atoms with Gasteiger partial charge in [0.15, 0.2) is 0 Å². The highest BCUT2D eigenvalue weighted by molar-refractivity contribution is 6.10. The quantitative estimate of drug-likeness (QED) is 0.806. The van der Waals surface area contributed by atoms with Crippen LogP contribution < -0.4 is 10.2 Å². The molecule has 2 aromatic rings. The topological polar surface area (TPSA) is 86.7 Å². The maximum atomic E-state index is 13.4. The molecule has 1 aliphatic heterocycles. The number of nitrogens with zero attached hydrogens (tertiary/aromatic N) is 1. The van der Waals surface area contributed by atoms with Crippen LogP contribution >= 0.6 is 0 Å². The second-order valence-electron chi connectivity index (χ2n) is 7.78. The van der Waals surface area contributed by atoms with E-state index < -0.39 is 22.8 Å². The van der Waals surface area contributed by atoms with Gasteiger partial charge in [-0.3, -0.25) is 9.59 Å². The highest BCUT2D eigenvalue weighted by atomic mass is 16.4. The Kier molecular flexibility index (Phi) is 4.98. The van der Waals surface area contributed by atoms with Crippen LogP contribution in [0.25, 0.3) is 0 Å². The van der Waals surface area contributed by atoms with Crippen molar-refractivity contribution >= 4 is 23.5 Å². The van der Waals surface area contributed by atoms with Gasteiger partial charge in [0.25, 0.3) is 0 Å².